The number of nitrogens with two attached hydrogens (primary N) is 1. The summed E-state index contributed by atoms with van der Waals surface area (Å²) < 4.78 is 39.4. The zero-order chi connectivity index (χ0) is 24.1. The molecule has 9 heteroatoms. The van der Waals surface area contributed by atoms with E-state index in [1.807, 2.05) is 49.3 Å². The summed E-state index contributed by atoms with van der Waals surface area (Å²) in [7, 11) is 3.69. The van der Waals surface area contributed by atoms with E-state index in [1.54, 1.807) is 19.1 Å². The zero-order valence-electron chi connectivity index (χ0n) is 18.5. The molecule has 0 amide bonds. The number of benzene rings is 2. The van der Waals surface area contributed by atoms with Crippen molar-refractivity contribution in [3.8, 4) is 28.6 Å². The highest BCUT2D eigenvalue weighted by Crippen LogP contribution is 2.34. The summed E-state index contributed by atoms with van der Waals surface area (Å²) in [5.74, 6) is -4.40. The monoisotopic (exact) mass is 457 g/mol. The van der Waals surface area contributed by atoms with Gasteiger partial charge in [-0.25, -0.2) is 13.6 Å². The molecule has 7 nitrogen and oxygen atoms in total. The highest BCUT2D eigenvalue weighted by atomic mass is 19.1. The van der Waals surface area contributed by atoms with E-state index in [0.29, 0.717) is 12.6 Å². The van der Waals surface area contributed by atoms with Gasteiger partial charge in [-0.3, -0.25) is 0 Å². The fraction of sp³-hybridized carbons (Fsp3) is 0.250. The highest BCUT2D eigenvalue weighted by molar-refractivity contribution is 5.73. The topological polar surface area (TPSA) is 97.9 Å². The van der Waals surface area contributed by atoms with Gasteiger partial charge >= 0.3 is 5.97 Å². The molecule has 0 radical (unpaired) electrons. The van der Waals surface area contributed by atoms with Crippen LogP contribution in [0.15, 0.2) is 48.5 Å². The summed E-state index contributed by atoms with van der Waals surface area (Å²) in [5.41, 5.74) is 9.15. The first-order valence-electron chi connectivity index (χ1n) is 10.3. The number of halogens is 2. The van der Waals surface area contributed by atoms with E-state index in [-0.39, 0.29) is 12.2 Å². The number of pyridine rings is 1. The van der Waals surface area contributed by atoms with Crippen LogP contribution in [0.5, 0.6) is 17.5 Å². The van der Waals surface area contributed by atoms with Crippen molar-refractivity contribution in [3.63, 3.8) is 0 Å². The van der Waals surface area contributed by atoms with Gasteiger partial charge in [0.1, 0.15) is 5.75 Å². The Hall–Kier alpha value is -3.72. The lowest BCUT2D eigenvalue weighted by molar-refractivity contribution is -0.145. The average Bonchev–Trinajstić information content (AvgIpc) is 2.79. The second kappa shape index (κ2) is 10.3. The van der Waals surface area contributed by atoms with Crippen molar-refractivity contribution in [2.24, 2.45) is 5.73 Å². The maximum atomic E-state index is 14.5. The van der Waals surface area contributed by atoms with Crippen LogP contribution in [0.4, 0.5) is 14.5 Å². The van der Waals surface area contributed by atoms with Crippen molar-refractivity contribution in [1.29, 1.82) is 0 Å². The van der Waals surface area contributed by atoms with Crippen LogP contribution in [-0.2, 0) is 11.3 Å². The molecule has 1 heterocycles. The molecular weight excluding hydrogens is 432 g/mol. The average molecular weight is 457 g/mol. The number of hydrogen-bond donors (Lipinski definition) is 2. The summed E-state index contributed by atoms with van der Waals surface area (Å²) in [6.45, 7) is 1.94. The van der Waals surface area contributed by atoms with E-state index in [4.69, 9.17) is 20.3 Å². The van der Waals surface area contributed by atoms with Crippen LogP contribution in [-0.4, -0.2) is 36.3 Å². The molecule has 3 rings (SSSR count). The summed E-state index contributed by atoms with van der Waals surface area (Å²) >= 11 is 0. The molecule has 0 unspecified atom stereocenters. The van der Waals surface area contributed by atoms with Crippen LogP contribution in [0.25, 0.3) is 11.1 Å². The molecule has 1 aromatic heterocycles. The lowest BCUT2D eigenvalue weighted by atomic mass is 10.0. The van der Waals surface area contributed by atoms with Gasteiger partial charge < -0.3 is 25.2 Å². The van der Waals surface area contributed by atoms with Crippen molar-refractivity contribution < 1.29 is 28.2 Å². The van der Waals surface area contributed by atoms with Crippen LogP contribution in [0, 0.1) is 11.6 Å². The molecule has 1 atom stereocenters. The fourth-order valence-corrected chi connectivity index (χ4v) is 3.09. The van der Waals surface area contributed by atoms with Crippen LogP contribution in [0.1, 0.15) is 18.9 Å². The van der Waals surface area contributed by atoms with Crippen molar-refractivity contribution in [2.45, 2.75) is 26.0 Å². The van der Waals surface area contributed by atoms with Crippen LogP contribution in [0.2, 0.25) is 0 Å². The number of carboxylic acids is 1. The van der Waals surface area contributed by atoms with Crippen molar-refractivity contribution in [1.82, 2.24) is 4.98 Å². The number of carboxylic acid groups (broad SMARTS) is 1. The predicted octanol–water partition coefficient (Wildman–Crippen LogP) is 4.59. The van der Waals surface area contributed by atoms with Gasteiger partial charge in [-0.2, -0.15) is 4.98 Å². The molecule has 2 aromatic carbocycles. The normalized spacial score (nSPS) is 11.7. The molecule has 0 saturated heterocycles. The van der Waals surface area contributed by atoms with Gasteiger partial charge in [-0.05, 0) is 41.3 Å². The first-order chi connectivity index (χ1) is 15.7. The van der Waals surface area contributed by atoms with Gasteiger partial charge in [0, 0.05) is 38.5 Å². The van der Waals surface area contributed by atoms with Gasteiger partial charge in [0.15, 0.2) is 17.7 Å². The molecule has 174 valence electrons. The van der Waals surface area contributed by atoms with Gasteiger partial charge in [-0.1, -0.05) is 25.1 Å². The lowest BCUT2D eigenvalue weighted by Gasteiger charge is -2.17. The van der Waals surface area contributed by atoms with Crippen LogP contribution in [0.3, 0.4) is 0 Å². The minimum absolute atomic E-state index is 0.0696. The molecule has 0 aliphatic heterocycles. The van der Waals surface area contributed by atoms with Crippen molar-refractivity contribution in [3.05, 3.63) is 65.7 Å². The zero-order valence-corrected chi connectivity index (χ0v) is 18.5. The minimum Gasteiger partial charge on any atom is -0.479 e. The van der Waals surface area contributed by atoms with E-state index in [1.165, 1.54) is 0 Å². The molecule has 0 aliphatic carbocycles. The number of carbonyl (C=O) groups is 1. The number of anilines is 1. The SMILES string of the molecule is CC[C@@H](Oc1nc(Oc2cc(-c3cccc(CN)c3)cc(N(C)C)c2)c(F)cc1F)C(=O)O. The molecule has 33 heavy (non-hydrogen) atoms. The summed E-state index contributed by atoms with van der Waals surface area (Å²) in [6.07, 6.45) is -1.26. The summed E-state index contributed by atoms with van der Waals surface area (Å²) in [5, 5.41) is 9.15. The Morgan fingerprint density at radius 2 is 1.82 bits per heavy atom. The first-order valence-corrected chi connectivity index (χ1v) is 10.3. The second-order valence-electron chi connectivity index (χ2n) is 7.53. The minimum atomic E-state index is -1.33. The van der Waals surface area contributed by atoms with Crippen molar-refractivity contribution >= 4 is 11.7 Å². The number of hydrogen-bond acceptors (Lipinski definition) is 6. The van der Waals surface area contributed by atoms with E-state index in [2.05, 4.69) is 4.98 Å². The molecule has 0 spiro atoms. The molecule has 0 saturated carbocycles. The Labute approximate surface area is 190 Å². The van der Waals surface area contributed by atoms with E-state index in [0.717, 1.165) is 22.4 Å². The van der Waals surface area contributed by atoms with E-state index < -0.39 is 35.5 Å². The third kappa shape index (κ3) is 5.75. The lowest BCUT2D eigenvalue weighted by Crippen LogP contribution is -2.26. The van der Waals surface area contributed by atoms with Gasteiger partial charge in [0.2, 0.25) is 0 Å². The molecule has 3 N–H and O–H groups in total. The fourth-order valence-electron chi connectivity index (χ4n) is 3.09. The smallest absolute Gasteiger partial charge is 0.344 e. The second-order valence-corrected chi connectivity index (χ2v) is 7.53. The largest absolute Gasteiger partial charge is 0.479 e. The van der Waals surface area contributed by atoms with Crippen molar-refractivity contribution in [2.75, 3.05) is 19.0 Å². The Balaban J connectivity index is 2.01. The van der Waals surface area contributed by atoms with Gasteiger partial charge in [-0.15, -0.1) is 0 Å². The number of nitrogens with zero attached hydrogens (tertiary/aromatic N) is 2. The van der Waals surface area contributed by atoms with E-state index in [9.17, 15) is 13.6 Å². The molecule has 0 aliphatic rings. The van der Waals surface area contributed by atoms with Gasteiger partial charge in [0.25, 0.3) is 11.8 Å². The number of rotatable bonds is 9. The van der Waals surface area contributed by atoms with E-state index >= 15 is 0 Å². The molecule has 0 bridgehead atoms. The predicted molar refractivity (Wildman–Crippen MR) is 121 cm³/mol. The molecular formula is C24H25F2N3O4. The standard InChI is InChI=1S/C24H25F2N3O4/c1-4-21(24(30)31)33-23-20(26)12-19(25)22(28-23)32-18-10-16(9-17(11-18)29(2)3)15-7-5-6-14(8-15)13-27/h5-12,21H,4,13,27H2,1-3H3,(H,30,31)/t21-/m1/s1. The Morgan fingerprint density at radius 3 is 2.45 bits per heavy atom. The highest BCUT2D eigenvalue weighted by Gasteiger charge is 2.22. The quantitative estimate of drug-likeness (QED) is 0.485. The maximum absolute atomic E-state index is 14.5. The molecule has 3 aromatic rings. The first kappa shape index (κ1) is 23.9. The number of aliphatic carboxylic acids is 1. The third-order valence-corrected chi connectivity index (χ3v) is 4.88. The Morgan fingerprint density at radius 1 is 1.09 bits per heavy atom. The van der Waals surface area contributed by atoms with Crippen LogP contribution < -0.4 is 20.1 Å². The Bertz CT molecular complexity index is 1150. The molecule has 0 fully saturated rings. The maximum Gasteiger partial charge on any atom is 0.344 e. The summed E-state index contributed by atoms with van der Waals surface area (Å²) in [6, 6.07) is 13.5. The Kier molecular flexibility index (Phi) is 7.44. The number of aromatic nitrogens is 1. The summed E-state index contributed by atoms with van der Waals surface area (Å²) in [4.78, 5) is 16.8. The third-order valence-electron chi connectivity index (χ3n) is 4.88. The van der Waals surface area contributed by atoms with Gasteiger partial charge in [0.05, 0.1) is 0 Å². The van der Waals surface area contributed by atoms with Crippen LogP contribution >= 0.6 is 0 Å². The number of ether oxygens (including phenoxy) is 2.